The van der Waals surface area contributed by atoms with Gasteiger partial charge in [0.05, 0.1) is 5.56 Å². The number of benzene rings is 2. The molecule has 0 heterocycles. The van der Waals surface area contributed by atoms with Crippen LogP contribution in [-0.2, 0) is 9.53 Å². The van der Waals surface area contributed by atoms with E-state index in [1.54, 1.807) is 31.2 Å². The second kappa shape index (κ2) is 9.12. The summed E-state index contributed by atoms with van der Waals surface area (Å²) in [6.45, 7) is 1.49. The van der Waals surface area contributed by atoms with Gasteiger partial charge in [0.1, 0.15) is 0 Å². The van der Waals surface area contributed by atoms with Gasteiger partial charge in [-0.1, -0.05) is 42.5 Å². The Morgan fingerprint density at radius 3 is 2.04 bits per heavy atom. The zero-order valence-electron chi connectivity index (χ0n) is 14.2. The lowest BCUT2D eigenvalue weighted by Gasteiger charge is -2.07. The summed E-state index contributed by atoms with van der Waals surface area (Å²) in [6.07, 6.45) is 0. The number of carbonyl (C=O) groups is 4. The molecular weight excluding hydrogens is 336 g/mol. The molecule has 0 unspecified atom stereocenters. The largest absolute Gasteiger partial charge is 0.452 e. The summed E-state index contributed by atoms with van der Waals surface area (Å²) in [5.41, 5.74) is 1.17. The molecule has 2 N–H and O–H groups in total. The maximum absolute atomic E-state index is 12.3. The van der Waals surface area contributed by atoms with Crippen LogP contribution in [0.4, 0.5) is 4.79 Å². The Labute approximate surface area is 150 Å². The first-order valence-corrected chi connectivity index (χ1v) is 7.96. The average Bonchev–Trinajstić information content (AvgIpc) is 2.66. The SMILES string of the molecule is CCNC(=O)NC(=O)COC(=O)c1ccc(C(=O)c2ccccc2)cc1. The molecule has 26 heavy (non-hydrogen) atoms. The first kappa shape index (κ1) is 18.9. The zero-order valence-corrected chi connectivity index (χ0v) is 14.2. The lowest BCUT2D eigenvalue weighted by atomic mass is 10.0. The van der Waals surface area contributed by atoms with Crippen LogP contribution in [0.15, 0.2) is 54.6 Å². The van der Waals surface area contributed by atoms with Gasteiger partial charge in [-0.15, -0.1) is 0 Å². The van der Waals surface area contributed by atoms with E-state index in [0.29, 0.717) is 17.7 Å². The van der Waals surface area contributed by atoms with Crippen molar-refractivity contribution < 1.29 is 23.9 Å². The van der Waals surface area contributed by atoms with Gasteiger partial charge in [-0.05, 0) is 19.1 Å². The summed E-state index contributed by atoms with van der Waals surface area (Å²) < 4.78 is 4.84. The fourth-order valence-corrected chi connectivity index (χ4v) is 2.10. The standard InChI is InChI=1S/C19H18N2O5/c1-2-20-19(25)21-16(22)12-26-18(24)15-10-8-14(9-11-15)17(23)13-6-4-3-5-7-13/h3-11H,2,12H2,1H3,(H2,20,21,22,25). The molecule has 0 saturated carbocycles. The highest BCUT2D eigenvalue weighted by Gasteiger charge is 2.14. The van der Waals surface area contributed by atoms with E-state index in [4.69, 9.17) is 4.74 Å². The maximum atomic E-state index is 12.3. The number of nitrogens with one attached hydrogen (secondary N) is 2. The Kier molecular flexibility index (Phi) is 6.61. The number of amides is 3. The molecule has 134 valence electrons. The van der Waals surface area contributed by atoms with Crippen molar-refractivity contribution in [1.82, 2.24) is 10.6 Å². The molecule has 0 aromatic heterocycles. The van der Waals surface area contributed by atoms with Gasteiger partial charge in [0.2, 0.25) is 0 Å². The highest BCUT2D eigenvalue weighted by atomic mass is 16.5. The van der Waals surface area contributed by atoms with Gasteiger partial charge in [0.15, 0.2) is 12.4 Å². The van der Waals surface area contributed by atoms with Crippen molar-refractivity contribution >= 4 is 23.7 Å². The minimum Gasteiger partial charge on any atom is -0.452 e. The summed E-state index contributed by atoms with van der Waals surface area (Å²) in [5, 5.41) is 4.40. The minimum atomic E-state index is -0.736. The number of urea groups is 1. The second-order valence-electron chi connectivity index (χ2n) is 5.26. The fourth-order valence-electron chi connectivity index (χ4n) is 2.10. The first-order chi connectivity index (χ1) is 12.5. The molecular formula is C19H18N2O5. The van der Waals surface area contributed by atoms with E-state index in [9.17, 15) is 19.2 Å². The predicted molar refractivity (Wildman–Crippen MR) is 93.8 cm³/mol. The smallest absolute Gasteiger partial charge is 0.338 e. The van der Waals surface area contributed by atoms with Crippen molar-refractivity contribution in [3.05, 3.63) is 71.3 Å². The Bertz CT molecular complexity index is 800. The average molecular weight is 354 g/mol. The van der Waals surface area contributed by atoms with Gasteiger partial charge in [-0.3, -0.25) is 14.9 Å². The van der Waals surface area contributed by atoms with Crippen LogP contribution in [-0.4, -0.2) is 36.8 Å². The van der Waals surface area contributed by atoms with Crippen LogP contribution < -0.4 is 10.6 Å². The lowest BCUT2D eigenvalue weighted by molar-refractivity contribution is -0.123. The van der Waals surface area contributed by atoms with Crippen molar-refractivity contribution in [1.29, 1.82) is 0 Å². The third-order valence-corrected chi connectivity index (χ3v) is 3.34. The van der Waals surface area contributed by atoms with Crippen molar-refractivity contribution in [3.63, 3.8) is 0 Å². The van der Waals surface area contributed by atoms with Crippen LogP contribution in [0, 0.1) is 0 Å². The van der Waals surface area contributed by atoms with Crippen molar-refractivity contribution in [2.45, 2.75) is 6.92 Å². The lowest BCUT2D eigenvalue weighted by Crippen LogP contribution is -2.41. The van der Waals surface area contributed by atoms with Gasteiger partial charge < -0.3 is 10.1 Å². The molecule has 0 fully saturated rings. The second-order valence-corrected chi connectivity index (χ2v) is 5.26. The summed E-state index contributed by atoms with van der Waals surface area (Å²) in [4.78, 5) is 46.9. The molecule has 2 rings (SSSR count). The van der Waals surface area contributed by atoms with E-state index in [0.717, 1.165) is 0 Å². The normalized spacial score (nSPS) is 9.88. The van der Waals surface area contributed by atoms with Crippen molar-refractivity contribution in [2.75, 3.05) is 13.2 Å². The first-order valence-electron chi connectivity index (χ1n) is 7.96. The molecule has 0 aliphatic rings. The van der Waals surface area contributed by atoms with Crippen LogP contribution in [0.3, 0.4) is 0 Å². The predicted octanol–water partition coefficient (Wildman–Crippen LogP) is 1.92. The third-order valence-electron chi connectivity index (χ3n) is 3.34. The van der Waals surface area contributed by atoms with Crippen LogP contribution in [0.2, 0.25) is 0 Å². The number of carbonyl (C=O) groups excluding carboxylic acids is 4. The Hall–Kier alpha value is -3.48. The number of rotatable bonds is 6. The zero-order chi connectivity index (χ0) is 18.9. The number of hydrogen-bond acceptors (Lipinski definition) is 5. The van der Waals surface area contributed by atoms with Crippen LogP contribution in [0.1, 0.15) is 33.2 Å². The number of esters is 1. The molecule has 3 amide bonds. The Morgan fingerprint density at radius 2 is 1.42 bits per heavy atom. The van der Waals surface area contributed by atoms with Gasteiger partial charge in [0.25, 0.3) is 5.91 Å². The molecule has 2 aromatic rings. The molecule has 0 radical (unpaired) electrons. The Morgan fingerprint density at radius 1 is 0.846 bits per heavy atom. The molecule has 2 aromatic carbocycles. The summed E-state index contributed by atoms with van der Waals surface area (Å²) in [6, 6.07) is 14.0. The summed E-state index contributed by atoms with van der Waals surface area (Å²) in [5.74, 6) is -1.62. The van der Waals surface area contributed by atoms with Gasteiger partial charge in [-0.2, -0.15) is 0 Å². The van der Waals surface area contributed by atoms with Crippen LogP contribution >= 0.6 is 0 Å². The highest BCUT2D eigenvalue weighted by Crippen LogP contribution is 2.11. The van der Waals surface area contributed by atoms with Crippen molar-refractivity contribution in [3.8, 4) is 0 Å². The number of imide groups is 1. The molecule has 7 nitrogen and oxygen atoms in total. The van der Waals surface area contributed by atoms with E-state index < -0.39 is 24.5 Å². The van der Waals surface area contributed by atoms with Gasteiger partial charge in [0, 0.05) is 17.7 Å². The molecule has 0 aliphatic carbocycles. The van der Waals surface area contributed by atoms with Crippen LogP contribution in [0.5, 0.6) is 0 Å². The third kappa shape index (κ3) is 5.27. The van der Waals surface area contributed by atoms with E-state index in [1.165, 1.54) is 24.3 Å². The fraction of sp³-hybridized carbons (Fsp3) is 0.158. The molecule has 0 bridgehead atoms. The monoisotopic (exact) mass is 354 g/mol. The Balaban J connectivity index is 1.91. The molecule has 0 aliphatic heterocycles. The van der Waals surface area contributed by atoms with E-state index >= 15 is 0 Å². The maximum Gasteiger partial charge on any atom is 0.338 e. The van der Waals surface area contributed by atoms with E-state index in [-0.39, 0.29) is 11.3 Å². The van der Waals surface area contributed by atoms with Gasteiger partial charge in [-0.25, -0.2) is 9.59 Å². The summed E-state index contributed by atoms with van der Waals surface area (Å²) >= 11 is 0. The number of ether oxygens (including phenoxy) is 1. The molecule has 0 spiro atoms. The minimum absolute atomic E-state index is 0.160. The number of hydrogen-bond donors (Lipinski definition) is 2. The van der Waals surface area contributed by atoms with E-state index in [1.807, 2.05) is 11.4 Å². The molecule has 0 atom stereocenters. The quantitative estimate of drug-likeness (QED) is 0.610. The van der Waals surface area contributed by atoms with E-state index in [2.05, 4.69) is 5.32 Å². The molecule has 0 saturated heterocycles. The highest BCUT2D eigenvalue weighted by molar-refractivity contribution is 6.09. The topological polar surface area (TPSA) is 102 Å². The summed E-state index contributed by atoms with van der Waals surface area (Å²) in [7, 11) is 0. The van der Waals surface area contributed by atoms with Crippen molar-refractivity contribution in [2.24, 2.45) is 0 Å². The van der Waals surface area contributed by atoms with Crippen LogP contribution in [0.25, 0.3) is 0 Å². The molecule has 7 heteroatoms. The number of ketones is 1. The van der Waals surface area contributed by atoms with Gasteiger partial charge >= 0.3 is 12.0 Å².